The number of epoxide rings is 1. The summed E-state index contributed by atoms with van der Waals surface area (Å²) in [6, 6.07) is 10.6. The van der Waals surface area contributed by atoms with E-state index >= 15 is 0 Å². The van der Waals surface area contributed by atoms with Gasteiger partial charge in [0.1, 0.15) is 11.4 Å². The highest BCUT2D eigenvalue weighted by atomic mass is 16.6. The van der Waals surface area contributed by atoms with Crippen LogP contribution in [-0.4, -0.2) is 18.0 Å². The molecule has 1 saturated carbocycles. The average molecular weight is 272 g/mol. The van der Waals surface area contributed by atoms with Crippen molar-refractivity contribution in [2.75, 3.05) is 6.61 Å². The molecule has 1 aromatic rings. The third-order valence-corrected chi connectivity index (χ3v) is 4.86. The van der Waals surface area contributed by atoms with E-state index in [9.17, 15) is 4.79 Å². The topological polar surface area (TPSA) is 29.6 Å². The van der Waals surface area contributed by atoms with Crippen molar-refractivity contribution in [3.63, 3.8) is 0 Å². The first-order valence-corrected chi connectivity index (χ1v) is 8.01. The fraction of sp³-hybridized carbons (Fsp3) is 0.611. The van der Waals surface area contributed by atoms with Gasteiger partial charge in [0, 0.05) is 12.3 Å². The molecule has 1 spiro atoms. The highest BCUT2D eigenvalue weighted by Gasteiger charge is 2.55. The van der Waals surface area contributed by atoms with Gasteiger partial charge in [-0.25, -0.2) is 0 Å². The SMILES string of the molecule is O=C1CCCC2(CO2)C1CCCCCc1ccccc1. The third kappa shape index (κ3) is 3.12. The number of ketones is 1. The number of rotatable bonds is 6. The Morgan fingerprint density at radius 1 is 1.15 bits per heavy atom. The number of carbonyl (C=O) groups excluding carboxylic acids is 1. The molecule has 1 aliphatic heterocycles. The predicted octanol–water partition coefficient (Wildman–Crippen LogP) is 3.93. The average Bonchev–Trinajstić information content (AvgIpc) is 3.23. The monoisotopic (exact) mass is 272 g/mol. The second-order valence-electron chi connectivity index (χ2n) is 6.31. The zero-order valence-electron chi connectivity index (χ0n) is 12.1. The summed E-state index contributed by atoms with van der Waals surface area (Å²) in [4.78, 5) is 12.1. The molecule has 0 radical (unpaired) electrons. The minimum atomic E-state index is -0.0191. The van der Waals surface area contributed by atoms with Crippen LogP contribution in [0.4, 0.5) is 0 Å². The Hall–Kier alpha value is -1.15. The molecule has 3 rings (SSSR count). The van der Waals surface area contributed by atoms with Crippen LogP contribution in [0, 0.1) is 5.92 Å². The number of hydrogen-bond donors (Lipinski definition) is 0. The van der Waals surface area contributed by atoms with E-state index in [1.165, 1.54) is 18.4 Å². The van der Waals surface area contributed by atoms with Gasteiger partial charge in [0.2, 0.25) is 0 Å². The van der Waals surface area contributed by atoms with Crippen molar-refractivity contribution in [1.29, 1.82) is 0 Å². The molecule has 20 heavy (non-hydrogen) atoms. The molecule has 1 saturated heterocycles. The summed E-state index contributed by atoms with van der Waals surface area (Å²) in [6.07, 6.45) is 8.70. The van der Waals surface area contributed by atoms with Crippen LogP contribution < -0.4 is 0 Å². The van der Waals surface area contributed by atoms with E-state index in [2.05, 4.69) is 30.3 Å². The largest absolute Gasteiger partial charge is 0.369 e. The first kappa shape index (κ1) is 13.8. The van der Waals surface area contributed by atoms with Crippen LogP contribution in [-0.2, 0) is 16.0 Å². The number of carbonyl (C=O) groups is 1. The maximum absolute atomic E-state index is 12.1. The van der Waals surface area contributed by atoms with E-state index < -0.39 is 0 Å². The van der Waals surface area contributed by atoms with Gasteiger partial charge in [0.25, 0.3) is 0 Å². The van der Waals surface area contributed by atoms with Crippen molar-refractivity contribution in [1.82, 2.24) is 0 Å². The van der Waals surface area contributed by atoms with E-state index in [0.29, 0.717) is 5.78 Å². The van der Waals surface area contributed by atoms with Gasteiger partial charge in [0.05, 0.1) is 6.61 Å². The van der Waals surface area contributed by atoms with Crippen LogP contribution in [0.15, 0.2) is 30.3 Å². The Kier molecular flexibility index (Phi) is 4.21. The van der Waals surface area contributed by atoms with Crippen LogP contribution in [0.2, 0.25) is 0 Å². The Morgan fingerprint density at radius 3 is 2.70 bits per heavy atom. The van der Waals surface area contributed by atoms with Crippen molar-refractivity contribution >= 4 is 5.78 Å². The van der Waals surface area contributed by atoms with Crippen molar-refractivity contribution in [3.05, 3.63) is 35.9 Å². The Bertz CT molecular complexity index is 448. The quantitative estimate of drug-likeness (QED) is 0.580. The molecule has 2 fully saturated rings. The molecule has 0 N–H and O–H groups in total. The zero-order valence-corrected chi connectivity index (χ0v) is 12.1. The molecule has 2 heteroatoms. The van der Waals surface area contributed by atoms with E-state index in [1.54, 1.807) is 0 Å². The number of benzene rings is 1. The summed E-state index contributed by atoms with van der Waals surface area (Å²) in [5.41, 5.74) is 1.40. The highest BCUT2D eigenvalue weighted by molar-refractivity contribution is 5.83. The van der Waals surface area contributed by atoms with Gasteiger partial charge in [0.15, 0.2) is 0 Å². The number of aryl methyl sites for hydroxylation is 1. The summed E-state index contributed by atoms with van der Waals surface area (Å²) in [6.45, 7) is 0.827. The van der Waals surface area contributed by atoms with Crippen LogP contribution in [0.25, 0.3) is 0 Å². The molecule has 1 aromatic carbocycles. The van der Waals surface area contributed by atoms with Gasteiger partial charge in [-0.2, -0.15) is 0 Å². The predicted molar refractivity (Wildman–Crippen MR) is 79.6 cm³/mol. The fourth-order valence-corrected chi connectivity index (χ4v) is 3.57. The standard InChI is InChI=1S/C18H24O2/c19-17-12-7-13-18(14-20-18)16(17)11-6-2-5-10-15-8-3-1-4-9-15/h1,3-4,8-9,16H,2,5-7,10-14H2. The van der Waals surface area contributed by atoms with Crippen LogP contribution in [0.3, 0.4) is 0 Å². The lowest BCUT2D eigenvalue weighted by atomic mass is 9.76. The summed E-state index contributed by atoms with van der Waals surface area (Å²) in [5, 5.41) is 0. The van der Waals surface area contributed by atoms with Gasteiger partial charge in [-0.15, -0.1) is 0 Å². The number of Topliss-reactive ketones (excluding diaryl/α,β-unsaturated/α-hetero) is 1. The van der Waals surface area contributed by atoms with Crippen LogP contribution in [0.1, 0.15) is 50.5 Å². The summed E-state index contributed by atoms with van der Waals surface area (Å²) in [5.74, 6) is 0.657. The molecule has 2 unspecified atom stereocenters. The minimum absolute atomic E-state index is 0.0191. The van der Waals surface area contributed by atoms with Crippen molar-refractivity contribution in [2.24, 2.45) is 5.92 Å². The molecule has 0 bridgehead atoms. The van der Waals surface area contributed by atoms with Gasteiger partial charge in [-0.1, -0.05) is 43.2 Å². The number of ether oxygens (including phenoxy) is 1. The molecule has 0 amide bonds. The smallest absolute Gasteiger partial charge is 0.138 e. The van der Waals surface area contributed by atoms with E-state index in [0.717, 1.165) is 45.1 Å². The van der Waals surface area contributed by atoms with Gasteiger partial charge in [-0.3, -0.25) is 4.79 Å². The lowest BCUT2D eigenvalue weighted by Crippen LogP contribution is -2.35. The Balaban J connectivity index is 1.38. The minimum Gasteiger partial charge on any atom is -0.369 e. The summed E-state index contributed by atoms with van der Waals surface area (Å²) >= 11 is 0. The van der Waals surface area contributed by atoms with E-state index in [1.807, 2.05) is 0 Å². The molecule has 2 atom stereocenters. The van der Waals surface area contributed by atoms with Crippen molar-refractivity contribution in [3.8, 4) is 0 Å². The van der Waals surface area contributed by atoms with Gasteiger partial charge >= 0.3 is 0 Å². The number of hydrogen-bond acceptors (Lipinski definition) is 2. The zero-order chi connectivity index (χ0) is 13.8. The van der Waals surface area contributed by atoms with E-state index in [4.69, 9.17) is 4.74 Å². The van der Waals surface area contributed by atoms with Gasteiger partial charge < -0.3 is 4.74 Å². The fourth-order valence-electron chi connectivity index (χ4n) is 3.57. The Labute approximate surface area is 121 Å². The van der Waals surface area contributed by atoms with Crippen molar-refractivity contribution in [2.45, 2.75) is 57.0 Å². The molecule has 1 aliphatic carbocycles. The second-order valence-corrected chi connectivity index (χ2v) is 6.31. The lowest BCUT2D eigenvalue weighted by Gasteiger charge is -2.27. The molecular formula is C18H24O2. The molecule has 108 valence electrons. The normalized spacial score (nSPS) is 28.8. The maximum atomic E-state index is 12.1. The van der Waals surface area contributed by atoms with E-state index in [-0.39, 0.29) is 11.5 Å². The molecule has 2 nitrogen and oxygen atoms in total. The molecular weight excluding hydrogens is 248 g/mol. The molecule has 2 aliphatic rings. The summed E-state index contributed by atoms with van der Waals surface area (Å²) in [7, 11) is 0. The Morgan fingerprint density at radius 2 is 1.95 bits per heavy atom. The molecule has 1 heterocycles. The lowest BCUT2D eigenvalue weighted by molar-refractivity contribution is -0.127. The second kappa shape index (κ2) is 6.09. The van der Waals surface area contributed by atoms with Crippen molar-refractivity contribution < 1.29 is 9.53 Å². The van der Waals surface area contributed by atoms with Crippen LogP contribution >= 0.6 is 0 Å². The van der Waals surface area contributed by atoms with Gasteiger partial charge in [-0.05, 0) is 37.7 Å². The third-order valence-electron chi connectivity index (χ3n) is 4.86. The maximum Gasteiger partial charge on any atom is 0.138 e. The summed E-state index contributed by atoms with van der Waals surface area (Å²) < 4.78 is 5.63. The van der Waals surface area contributed by atoms with Crippen LogP contribution in [0.5, 0.6) is 0 Å². The first-order valence-electron chi connectivity index (χ1n) is 8.01. The highest BCUT2D eigenvalue weighted by Crippen LogP contribution is 2.46. The number of unbranched alkanes of at least 4 members (excludes halogenated alkanes) is 2. The first-order chi connectivity index (χ1) is 9.80. The molecule has 0 aromatic heterocycles.